The second-order valence-electron chi connectivity index (χ2n) is 7.82. The fraction of sp³-hybridized carbons (Fsp3) is 0.261. The molecule has 2 aromatic carbocycles. The number of benzene rings is 2. The lowest BCUT2D eigenvalue weighted by Gasteiger charge is -2.13. The molecule has 5 nitrogen and oxygen atoms in total. The van der Waals surface area contributed by atoms with Gasteiger partial charge in [-0.05, 0) is 57.4 Å². The van der Waals surface area contributed by atoms with Gasteiger partial charge in [0.05, 0.1) is 27.5 Å². The number of allylic oxidation sites excluding steroid dienone is 2. The number of halogens is 2. The monoisotopic (exact) mass is 484 g/mol. The number of hydrogen-bond donors (Lipinski definition) is 0. The molecule has 4 atom stereocenters. The smallest absolute Gasteiger partial charge is 0.254 e. The predicted molar refractivity (Wildman–Crippen MR) is 117 cm³/mol. The zero-order valence-corrected chi connectivity index (χ0v) is 18.2. The first-order chi connectivity index (χ1) is 14.5. The molecule has 2 fully saturated rings. The molecule has 0 radical (unpaired) electrons. The average Bonchev–Trinajstić information content (AvgIpc) is 3.41. The van der Waals surface area contributed by atoms with Gasteiger partial charge in [0.25, 0.3) is 11.8 Å². The molecule has 1 saturated carbocycles. The molecule has 0 N–H and O–H groups in total. The number of imide groups is 1. The summed E-state index contributed by atoms with van der Waals surface area (Å²) in [5, 5.41) is 5.65. The van der Waals surface area contributed by atoms with Crippen molar-refractivity contribution in [2.75, 3.05) is 0 Å². The summed E-state index contributed by atoms with van der Waals surface area (Å²) in [5.74, 6) is -0.0506. The number of hydrogen-bond acceptors (Lipinski definition) is 4. The number of fused-ring (bicyclic) bond motifs is 5. The van der Waals surface area contributed by atoms with Gasteiger partial charge in [-0.15, -0.1) is 0 Å². The maximum Gasteiger partial charge on any atom is 0.254 e. The van der Waals surface area contributed by atoms with Crippen molar-refractivity contribution in [2.24, 2.45) is 28.8 Å². The van der Waals surface area contributed by atoms with Crippen LogP contribution in [0.5, 0.6) is 5.75 Å². The van der Waals surface area contributed by atoms with Crippen LogP contribution in [0, 0.1) is 23.7 Å². The van der Waals surface area contributed by atoms with E-state index >= 15 is 0 Å². The lowest BCUT2D eigenvalue weighted by Crippen LogP contribution is -2.28. The quantitative estimate of drug-likeness (QED) is 0.346. The van der Waals surface area contributed by atoms with Crippen molar-refractivity contribution in [3.05, 3.63) is 75.2 Å². The van der Waals surface area contributed by atoms with Crippen LogP contribution in [0.4, 0.5) is 0 Å². The Labute approximate surface area is 187 Å². The van der Waals surface area contributed by atoms with E-state index in [1.54, 1.807) is 12.1 Å². The number of ether oxygens (including phenoxy) is 1. The van der Waals surface area contributed by atoms with Crippen molar-refractivity contribution in [1.29, 1.82) is 0 Å². The topological polar surface area (TPSA) is 59.0 Å². The third-order valence-corrected chi connectivity index (χ3v) is 6.89. The van der Waals surface area contributed by atoms with E-state index in [4.69, 9.17) is 16.3 Å². The lowest BCUT2D eigenvalue weighted by molar-refractivity contribution is -0.140. The van der Waals surface area contributed by atoms with E-state index in [0.717, 1.165) is 17.0 Å². The van der Waals surface area contributed by atoms with E-state index in [2.05, 4.69) is 33.2 Å². The van der Waals surface area contributed by atoms with Crippen LogP contribution in [0.15, 0.2) is 64.2 Å². The van der Waals surface area contributed by atoms with Gasteiger partial charge in [0.15, 0.2) is 5.75 Å². The van der Waals surface area contributed by atoms with Crippen molar-refractivity contribution >= 4 is 45.6 Å². The molecule has 2 amide bonds. The van der Waals surface area contributed by atoms with Gasteiger partial charge in [-0.3, -0.25) is 9.59 Å². The van der Waals surface area contributed by atoms with Crippen molar-refractivity contribution in [1.82, 2.24) is 5.01 Å². The van der Waals surface area contributed by atoms with E-state index in [0.29, 0.717) is 27.4 Å². The van der Waals surface area contributed by atoms with Crippen LogP contribution in [-0.2, 0) is 16.2 Å². The molecule has 3 aliphatic rings. The Morgan fingerprint density at radius 1 is 1.10 bits per heavy atom. The third kappa shape index (κ3) is 3.28. The molecular formula is C23H18BrClN2O3. The summed E-state index contributed by atoms with van der Waals surface area (Å²) in [6, 6.07) is 13.3. The molecule has 30 heavy (non-hydrogen) atoms. The van der Waals surface area contributed by atoms with Gasteiger partial charge in [0, 0.05) is 0 Å². The second-order valence-corrected chi connectivity index (χ2v) is 9.08. The van der Waals surface area contributed by atoms with Crippen LogP contribution in [0.3, 0.4) is 0 Å². The van der Waals surface area contributed by atoms with Crippen LogP contribution in [0.1, 0.15) is 17.5 Å². The molecule has 7 heteroatoms. The van der Waals surface area contributed by atoms with E-state index in [9.17, 15) is 9.59 Å². The molecule has 2 bridgehead atoms. The summed E-state index contributed by atoms with van der Waals surface area (Å²) in [5.41, 5.74) is 1.70. The summed E-state index contributed by atoms with van der Waals surface area (Å²) in [4.78, 5) is 25.4. The highest BCUT2D eigenvalue weighted by molar-refractivity contribution is 9.10. The maximum absolute atomic E-state index is 12.7. The molecule has 4 unspecified atom stereocenters. The van der Waals surface area contributed by atoms with Gasteiger partial charge >= 0.3 is 0 Å². The molecular weight excluding hydrogens is 468 g/mol. The first-order valence-electron chi connectivity index (χ1n) is 9.79. The van der Waals surface area contributed by atoms with Crippen LogP contribution in [-0.4, -0.2) is 23.0 Å². The number of nitrogens with zero attached hydrogens (tertiary/aromatic N) is 2. The Kier molecular flexibility index (Phi) is 4.99. The SMILES string of the molecule is O=C1C2C3C=CC(C3)C2C(=O)N1N=Cc1cc(Cl)c(OCc2ccccc2)c(Br)c1. The first-order valence-corrected chi connectivity index (χ1v) is 11.0. The fourth-order valence-corrected chi connectivity index (χ4v) is 5.64. The fourth-order valence-electron chi connectivity index (χ4n) is 4.65. The van der Waals surface area contributed by atoms with Crippen molar-refractivity contribution in [3.8, 4) is 5.75 Å². The van der Waals surface area contributed by atoms with Crippen molar-refractivity contribution in [2.45, 2.75) is 13.0 Å². The van der Waals surface area contributed by atoms with E-state index in [-0.39, 0.29) is 35.5 Å². The minimum absolute atomic E-state index is 0.168. The molecule has 2 aliphatic carbocycles. The van der Waals surface area contributed by atoms with Crippen LogP contribution >= 0.6 is 27.5 Å². The molecule has 2 aromatic rings. The molecule has 5 rings (SSSR count). The summed E-state index contributed by atoms with van der Waals surface area (Å²) >= 11 is 9.89. The minimum Gasteiger partial charge on any atom is -0.486 e. The highest BCUT2D eigenvalue weighted by Gasteiger charge is 2.59. The Balaban J connectivity index is 1.31. The molecule has 0 spiro atoms. The molecule has 1 aliphatic heterocycles. The van der Waals surface area contributed by atoms with Crippen LogP contribution in [0.25, 0.3) is 0 Å². The number of rotatable bonds is 5. The minimum atomic E-state index is -0.256. The molecule has 1 saturated heterocycles. The largest absolute Gasteiger partial charge is 0.486 e. The molecule has 152 valence electrons. The predicted octanol–water partition coefficient (Wildman–Crippen LogP) is 4.82. The Morgan fingerprint density at radius 3 is 2.40 bits per heavy atom. The molecule has 1 heterocycles. The molecule has 0 aromatic heterocycles. The van der Waals surface area contributed by atoms with Crippen LogP contribution < -0.4 is 4.74 Å². The average molecular weight is 486 g/mol. The summed E-state index contributed by atoms with van der Waals surface area (Å²) in [6.07, 6.45) is 6.52. The van der Waals surface area contributed by atoms with Crippen molar-refractivity contribution < 1.29 is 14.3 Å². The van der Waals surface area contributed by atoms with Gasteiger partial charge in [0.1, 0.15) is 6.61 Å². The van der Waals surface area contributed by atoms with E-state index < -0.39 is 0 Å². The third-order valence-electron chi connectivity index (χ3n) is 6.02. The zero-order valence-electron chi connectivity index (χ0n) is 15.9. The van der Waals surface area contributed by atoms with Gasteiger partial charge in [-0.25, -0.2) is 0 Å². The normalized spacial score (nSPS) is 26.8. The summed E-state index contributed by atoms with van der Waals surface area (Å²) < 4.78 is 6.52. The van der Waals surface area contributed by atoms with Gasteiger partial charge in [0.2, 0.25) is 0 Å². The number of carbonyl (C=O) groups excluding carboxylic acids is 2. The lowest BCUT2D eigenvalue weighted by atomic mass is 9.85. The zero-order chi connectivity index (χ0) is 20.8. The van der Waals surface area contributed by atoms with E-state index in [1.165, 1.54) is 6.21 Å². The maximum atomic E-state index is 12.7. The van der Waals surface area contributed by atoms with Gasteiger partial charge < -0.3 is 4.74 Å². The Bertz CT molecular complexity index is 1030. The highest BCUT2D eigenvalue weighted by atomic mass is 79.9. The summed E-state index contributed by atoms with van der Waals surface area (Å²) in [7, 11) is 0. The Morgan fingerprint density at radius 2 is 1.77 bits per heavy atom. The number of carbonyl (C=O) groups is 2. The second kappa shape index (κ2) is 7.67. The van der Waals surface area contributed by atoms with Gasteiger partial charge in [-0.1, -0.05) is 54.1 Å². The van der Waals surface area contributed by atoms with E-state index in [1.807, 2.05) is 30.3 Å². The van der Waals surface area contributed by atoms with Gasteiger partial charge in [-0.2, -0.15) is 10.1 Å². The number of amides is 2. The van der Waals surface area contributed by atoms with Crippen LogP contribution in [0.2, 0.25) is 5.02 Å². The highest BCUT2D eigenvalue weighted by Crippen LogP contribution is 2.52. The summed E-state index contributed by atoms with van der Waals surface area (Å²) in [6.45, 7) is 0.391. The Hall–Kier alpha value is -2.44. The number of hydrazone groups is 1. The first kappa shape index (κ1) is 19.5. The van der Waals surface area contributed by atoms with Crippen molar-refractivity contribution in [3.63, 3.8) is 0 Å². The standard InChI is InChI=1S/C23H18BrClN2O3/c24-17-8-14(9-18(25)21(17)30-12-13-4-2-1-3-5-13)11-26-27-22(28)19-15-6-7-16(10-15)20(19)23(27)29/h1-9,11,15-16,19-20H,10,12H2.